The fourth-order valence-corrected chi connectivity index (χ4v) is 3.65. The van der Waals surface area contributed by atoms with Crippen LogP contribution in [0.4, 0.5) is 11.4 Å². The Labute approximate surface area is 163 Å². The largest absolute Gasteiger partial charge is 0.493 e. The van der Waals surface area contributed by atoms with Gasteiger partial charge in [0, 0.05) is 35.9 Å². The van der Waals surface area contributed by atoms with Crippen molar-refractivity contribution in [1.29, 1.82) is 0 Å². The summed E-state index contributed by atoms with van der Waals surface area (Å²) in [5.41, 5.74) is 2.09. The first-order chi connectivity index (χ1) is 13.6. The molecule has 0 saturated carbocycles. The van der Waals surface area contributed by atoms with Crippen LogP contribution in [0.2, 0.25) is 0 Å². The molecule has 0 fully saturated rings. The number of benzene rings is 2. The molecule has 2 heterocycles. The minimum atomic E-state index is -0.233. The van der Waals surface area contributed by atoms with Gasteiger partial charge in [-0.3, -0.25) is 4.79 Å². The van der Waals surface area contributed by atoms with Gasteiger partial charge in [0.05, 0.1) is 33.1 Å². The zero-order valence-corrected chi connectivity index (χ0v) is 16.0. The molecule has 7 nitrogen and oxygen atoms in total. The third kappa shape index (κ3) is 2.70. The molecule has 0 amide bonds. The number of ether oxygens (including phenoxy) is 5. The highest BCUT2D eigenvalue weighted by Crippen LogP contribution is 2.48. The van der Waals surface area contributed by atoms with Crippen LogP contribution in [-0.2, 0) is 0 Å². The normalized spacial score (nSPS) is 17.2. The highest BCUT2D eigenvalue weighted by atomic mass is 16.7. The van der Waals surface area contributed by atoms with Crippen molar-refractivity contribution in [3.63, 3.8) is 0 Å². The number of nitrogens with zero attached hydrogens (tertiary/aromatic N) is 1. The molecule has 0 N–H and O–H groups in total. The molecule has 0 bridgehead atoms. The minimum absolute atomic E-state index is 0.0295. The Morgan fingerprint density at radius 2 is 1.68 bits per heavy atom. The summed E-state index contributed by atoms with van der Waals surface area (Å²) >= 11 is 0. The van der Waals surface area contributed by atoms with E-state index in [9.17, 15) is 4.79 Å². The van der Waals surface area contributed by atoms with Gasteiger partial charge in [0.2, 0.25) is 12.5 Å². The Morgan fingerprint density at radius 3 is 2.25 bits per heavy atom. The van der Waals surface area contributed by atoms with Crippen LogP contribution < -0.4 is 28.6 Å². The number of rotatable bonds is 5. The van der Waals surface area contributed by atoms with Crippen molar-refractivity contribution in [2.75, 3.05) is 33.0 Å². The molecule has 4 rings (SSSR count). The molecule has 0 saturated heterocycles. The first kappa shape index (κ1) is 18.0. The fraction of sp³-hybridized carbons (Fsp3) is 0.286. The van der Waals surface area contributed by atoms with Crippen molar-refractivity contribution in [1.82, 2.24) is 0 Å². The number of methoxy groups -OCH3 is 3. The van der Waals surface area contributed by atoms with Crippen LogP contribution in [-0.4, -0.2) is 39.9 Å². The molecule has 2 aliphatic rings. The molecule has 146 valence electrons. The van der Waals surface area contributed by atoms with E-state index in [0.717, 1.165) is 11.4 Å². The van der Waals surface area contributed by atoms with E-state index < -0.39 is 0 Å². The number of fused-ring (bicyclic) bond motifs is 2. The lowest BCUT2D eigenvalue weighted by Gasteiger charge is -2.37. The lowest BCUT2D eigenvalue weighted by molar-refractivity contribution is 0.0973. The maximum absolute atomic E-state index is 12.7. The minimum Gasteiger partial charge on any atom is -0.493 e. The molecule has 1 unspecified atom stereocenters. The first-order valence-electron chi connectivity index (χ1n) is 8.80. The summed E-state index contributed by atoms with van der Waals surface area (Å²) in [5.74, 6) is 2.77. The van der Waals surface area contributed by atoms with Gasteiger partial charge in [0.1, 0.15) is 0 Å². The second-order valence-corrected chi connectivity index (χ2v) is 6.41. The SMILES string of the molecule is C=CC1CC(=O)c2cc3c(cc2N1c1cc(OC)c(OC)c(OC)c1)OCO3. The van der Waals surface area contributed by atoms with Crippen LogP contribution >= 0.6 is 0 Å². The maximum Gasteiger partial charge on any atom is 0.231 e. The van der Waals surface area contributed by atoms with Crippen molar-refractivity contribution < 1.29 is 28.5 Å². The standard InChI is InChI=1S/C21H21NO6/c1-5-12-6-16(23)14-9-17-18(28-11-27-17)10-15(14)22(12)13-7-19(24-2)21(26-4)20(8-13)25-3/h5,7-10,12H,1,6,11H2,2-4H3. The lowest BCUT2D eigenvalue weighted by Crippen LogP contribution is -2.36. The van der Waals surface area contributed by atoms with Crippen LogP contribution in [0.25, 0.3) is 0 Å². The summed E-state index contributed by atoms with van der Waals surface area (Å²) in [5, 5.41) is 0. The molecule has 0 aromatic heterocycles. The van der Waals surface area contributed by atoms with Gasteiger partial charge >= 0.3 is 0 Å². The van der Waals surface area contributed by atoms with Gasteiger partial charge in [0.25, 0.3) is 0 Å². The zero-order chi connectivity index (χ0) is 19.8. The van der Waals surface area contributed by atoms with Gasteiger partial charge in [-0.25, -0.2) is 0 Å². The van der Waals surface area contributed by atoms with E-state index >= 15 is 0 Å². The number of carbonyl (C=O) groups is 1. The summed E-state index contributed by atoms with van der Waals surface area (Å²) in [7, 11) is 4.69. The second kappa shape index (κ2) is 6.99. The van der Waals surface area contributed by atoms with Gasteiger partial charge < -0.3 is 28.6 Å². The summed E-state index contributed by atoms with van der Waals surface area (Å²) in [4.78, 5) is 14.8. The summed E-state index contributed by atoms with van der Waals surface area (Å²) < 4.78 is 27.4. The molecule has 2 aromatic carbocycles. The Hall–Kier alpha value is -3.35. The molecule has 0 aliphatic carbocycles. The van der Waals surface area contributed by atoms with E-state index in [1.54, 1.807) is 33.5 Å². The first-order valence-corrected chi connectivity index (χ1v) is 8.80. The third-order valence-electron chi connectivity index (χ3n) is 4.98. The second-order valence-electron chi connectivity index (χ2n) is 6.41. The number of Topliss-reactive ketones (excluding diaryl/α,β-unsaturated/α-hetero) is 1. The van der Waals surface area contributed by atoms with Crippen LogP contribution in [0.1, 0.15) is 16.8 Å². The highest BCUT2D eigenvalue weighted by Gasteiger charge is 2.34. The van der Waals surface area contributed by atoms with Gasteiger partial charge in [0.15, 0.2) is 28.8 Å². The van der Waals surface area contributed by atoms with Crippen molar-refractivity contribution in [3.05, 3.63) is 42.5 Å². The third-order valence-corrected chi connectivity index (χ3v) is 4.98. The van der Waals surface area contributed by atoms with Crippen LogP contribution in [0.3, 0.4) is 0 Å². The maximum atomic E-state index is 12.7. The molecule has 0 radical (unpaired) electrons. The van der Waals surface area contributed by atoms with Crippen molar-refractivity contribution in [2.24, 2.45) is 0 Å². The van der Waals surface area contributed by atoms with Crippen molar-refractivity contribution in [3.8, 4) is 28.7 Å². The Kier molecular flexibility index (Phi) is 4.50. The van der Waals surface area contributed by atoms with Gasteiger partial charge in [-0.1, -0.05) is 6.08 Å². The highest BCUT2D eigenvalue weighted by molar-refractivity contribution is 6.06. The number of carbonyl (C=O) groups excluding carboxylic acids is 1. The van der Waals surface area contributed by atoms with Crippen LogP contribution in [0.5, 0.6) is 28.7 Å². The molecule has 28 heavy (non-hydrogen) atoms. The van der Waals surface area contributed by atoms with Crippen LogP contribution in [0, 0.1) is 0 Å². The monoisotopic (exact) mass is 383 g/mol. The molecule has 0 spiro atoms. The average molecular weight is 383 g/mol. The number of ketones is 1. The van der Waals surface area contributed by atoms with E-state index in [0.29, 0.717) is 40.7 Å². The number of hydrogen-bond acceptors (Lipinski definition) is 7. The van der Waals surface area contributed by atoms with E-state index in [4.69, 9.17) is 23.7 Å². The topological polar surface area (TPSA) is 66.5 Å². The average Bonchev–Trinajstić information content (AvgIpc) is 3.18. The summed E-state index contributed by atoms with van der Waals surface area (Å²) in [6.07, 6.45) is 2.06. The number of anilines is 2. The van der Waals surface area contributed by atoms with Crippen molar-refractivity contribution >= 4 is 17.2 Å². The Balaban J connectivity index is 1.92. The Bertz CT molecular complexity index is 929. The molecule has 2 aromatic rings. The summed E-state index contributed by atoms with van der Waals surface area (Å²) in [6.45, 7) is 4.06. The van der Waals surface area contributed by atoms with Gasteiger partial charge in [-0.2, -0.15) is 0 Å². The predicted octanol–water partition coefficient (Wildman–Crippen LogP) is 3.72. The molecule has 2 aliphatic heterocycles. The lowest BCUT2D eigenvalue weighted by atomic mass is 9.93. The fourth-order valence-electron chi connectivity index (χ4n) is 3.65. The van der Waals surface area contributed by atoms with E-state index in [2.05, 4.69) is 6.58 Å². The predicted molar refractivity (Wildman–Crippen MR) is 104 cm³/mol. The molecular formula is C21H21NO6. The zero-order valence-electron chi connectivity index (χ0n) is 16.0. The molecule has 7 heteroatoms. The molecular weight excluding hydrogens is 362 g/mol. The quantitative estimate of drug-likeness (QED) is 0.729. The Morgan fingerprint density at radius 1 is 1.04 bits per heavy atom. The summed E-state index contributed by atoms with van der Waals surface area (Å²) in [6, 6.07) is 7.03. The molecule has 1 atom stereocenters. The number of hydrogen-bond donors (Lipinski definition) is 0. The van der Waals surface area contributed by atoms with Crippen molar-refractivity contribution in [2.45, 2.75) is 12.5 Å². The van der Waals surface area contributed by atoms with E-state index in [1.807, 2.05) is 23.1 Å². The van der Waals surface area contributed by atoms with E-state index in [1.165, 1.54) is 0 Å². The van der Waals surface area contributed by atoms with Gasteiger partial charge in [-0.05, 0) is 6.07 Å². The smallest absolute Gasteiger partial charge is 0.231 e. The van der Waals surface area contributed by atoms with Gasteiger partial charge in [-0.15, -0.1) is 6.58 Å². The van der Waals surface area contributed by atoms with E-state index in [-0.39, 0.29) is 18.6 Å². The van der Waals surface area contributed by atoms with Crippen LogP contribution in [0.15, 0.2) is 36.9 Å².